The van der Waals surface area contributed by atoms with Gasteiger partial charge in [-0.1, -0.05) is 0 Å². The van der Waals surface area contributed by atoms with Gasteiger partial charge in [-0.2, -0.15) is 12.7 Å². The van der Waals surface area contributed by atoms with Crippen LogP contribution in [0, 0.1) is 0 Å². The Morgan fingerprint density at radius 3 is 2.55 bits per heavy atom. The van der Waals surface area contributed by atoms with Crippen LogP contribution in [0.15, 0.2) is 11.4 Å². The summed E-state index contributed by atoms with van der Waals surface area (Å²) in [5.41, 5.74) is 0.263. The summed E-state index contributed by atoms with van der Waals surface area (Å²) < 4.78 is 32.0. The molecule has 16 heteroatoms. The van der Waals surface area contributed by atoms with E-state index in [9.17, 15) is 32.4 Å². The molecule has 180 valence electrons. The number of carbonyl (C=O) groups is 5. The number of likely N-dealkylation sites (N-methyl/N-ethyl adjacent to an activating group) is 1. The molecule has 0 aromatic carbocycles. The number of piperazine rings is 1. The minimum absolute atomic E-state index is 0.0360. The minimum Gasteiger partial charge on any atom is -0.341 e. The van der Waals surface area contributed by atoms with Crippen LogP contribution < -0.4 is 10.6 Å². The molecule has 2 atom stereocenters. The standard InChI is InChI=1S/C17H21N5O8S3/c1-3-20-5-6-21(15(26)14(20)25)17(27)18-9-4-7-32-10(9)8-11(23)19-12-13(24)22(16(12)31-2)33(28,29)30/h4,7,12,16H,3,5-6,8H2,1-2H3,(H,18,27)(H,19,23)(H,28,29,30)/t12-,16-/m1/s1. The number of thiophene rings is 1. The average Bonchev–Trinajstić information content (AvgIpc) is 3.16. The highest BCUT2D eigenvalue weighted by Crippen LogP contribution is 2.31. The van der Waals surface area contributed by atoms with Crippen LogP contribution in [0.3, 0.4) is 0 Å². The normalized spacial score (nSPS) is 21.2. The smallest absolute Gasteiger partial charge is 0.341 e. The van der Waals surface area contributed by atoms with E-state index in [0.29, 0.717) is 11.4 Å². The van der Waals surface area contributed by atoms with Crippen molar-refractivity contribution >= 4 is 68.8 Å². The molecule has 13 nitrogen and oxygen atoms in total. The van der Waals surface area contributed by atoms with E-state index < -0.39 is 51.4 Å². The fourth-order valence-electron chi connectivity index (χ4n) is 3.36. The van der Waals surface area contributed by atoms with Crippen molar-refractivity contribution in [1.29, 1.82) is 0 Å². The lowest BCUT2D eigenvalue weighted by Crippen LogP contribution is -2.70. The van der Waals surface area contributed by atoms with Crippen LogP contribution in [-0.2, 0) is 35.9 Å². The van der Waals surface area contributed by atoms with Gasteiger partial charge >= 0.3 is 28.1 Å². The van der Waals surface area contributed by atoms with Gasteiger partial charge in [-0.05, 0) is 24.6 Å². The van der Waals surface area contributed by atoms with E-state index in [2.05, 4.69) is 10.6 Å². The van der Waals surface area contributed by atoms with E-state index in [1.807, 2.05) is 0 Å². The summed E-state index contributed by atoms with van der Waals surface area (Å²) in [7, 11) is -4.73. The largest absolute Gasteiger partial charge is 0.363 e. The van der Waals surface area contributed by atoms with Crippen molar-refractivity contribution in [3.05, 3.63) is 16.3 Å². The van der Waals surface area contributed by atoms with Gasteiger partial charge in [-0.25, -0.2) is 4.79 Å². The predicted octanol–water partition coefficient (Wildman–Crippen LogP) is -0.668. The SMILES string of the molecule is CCN1CCN(C(=O)Nc2ccsc2CC(=O)N[C@@H]2C(=O)N(S(=O)(=O)O)[C@@H]2SC)C(=O)C1=O. The summed E-state index contributed by atoms with van der Waals surface area (Å²) in [6.45, 7) is 2.34. The van der Waals surface area contributed by atoms with Gasteiger partial charge < -0.3 is 15.5 Å². The highest BCUT2D eigenvalue weighted by molar-refractivity contribution is 8.00. The Bertz CT molecular complexity index is 1100. The molecule has 0 aliphatic carbocycles. The van der Waals surface area contributed by atoms with Crippen molar-refractivity contribution in [3.8, 4) is 0 Å². The van der Waals surface area contributed by atoms with Crippen molar-refractivity contribution in [2.24, 2.45) is 0 Å². The molecular formula is C17H21N5O8S3. The number of nitrogens with zero attached hydrogens (tertiary/aromatic N) is 3. The second kappa shape index (κ2) is 9.66. The first kappa shape index (κ1) is 24.9. The van der Waals surface area contributed by atoms with E-state index in [1.54, 1.807) is 12.3 Å². The van der Waals surface area contributed by atoms with Gasteiger partial charge in [0.15, 0.2) is 0 Å². The maximum Gasteiger partial charge on any atom is 0.363 e. The summed E-state index contributed by atoms with van der Waals surface area (Å²) in [5, 5.41) is 5.58. The van der Waals surface area contributed by atoms with Crippen LogP contribution in [0.1, 0.15) is 11.8 Å². The summed E-state index contributed by atoms with van der Waals surface area (Å²) in [6.07, 6.45) is 1.29. The molecule has 2 aliphatic heterocycles. The zero-order valence-electron chi connectivity index (χ0n) is 17.5. The molecule has 3 rings (SSSR count). The molecule has 6 amide bonds. The van der Waals surface area contributed by atoms with Gasteiger partial charge in [0, 0.05) is 24.5 Å². The molecule has 0 bridgehead atoms. The molecule has 2 fully saturated rings. The van der Waals surface area contributed by atoms with E-state index >= 15 is 0 Å². The summed E-state index contributed by atoms with van der Waals surface area (Å²) >= 11 is 2.11. The predicted molar refractivity (Wildman–Crippen MR) is 119 cm³/mol. The number of β-lactam (4-membered cyclic amide) rings is 1. The monoisotopic (exact) mass is 519 g/mol. The Kier molecular flexibility index (Phi) is 7.30. The molecule has 2 saturated heterocycles. The molecule has 3 heterocycles. The lowest BCUT2D eigenvalue weighted by molar-refractivity contribution is -0.153. The maximum atomic E-state index is 12.5. The first-order valence-electron chi connectivity index (χ1n) is 9.60. The van der Waals surface area contributed by atoms with E-state index in [4.69, 9.17) is 4.55 Å². The second-order valence-corrected chi connectivity index (χ2v) is 10.2. The Hall–Kier alpha value is -2.69. The molecule has 3 N–H and O–H groups in total. The number of thioether (sulfide) groups is 1. The maximum absolute atomic E-state index is 12.5. The number of amides is 6. The van der Waals surface area contributed by atoms with Crippen LogP contribution >= 0.6 is 23.1 Å². The van der Waals surface area contributed by atoms with Gasteiger partial charge in [0.25, 0.3) is 5.91 Å². The summed E-state index contributed by atoms with van der Waals surface area (Å²) in [6, 6.07) is -0.408. The van der Waals surface area contributed by atoms with Crippen LogP contribution in [0.2, 0.25) is 0 Å². The van der Waals surface area contributed by atoms with E-state index in [-0.39, 0.29) is 29.5 Å². The first-order chi connectivity index (χ1) is 15.5. The van der Waals surface area contributed by atoms with Crippen LogP contribution in [0.5, 0.6) is 0 Å². The topological polar surface area (TPSA) is 173 Å². The van der Waals surface area contributed by atoms with E-state index in [0.717, 1.165) is 28.0 Å². The number of hydrogen-bond donors (Lipinski definition) is 3. The molecular weight excluding hydrogens is 498 g/mol. The van der Waals surface area contributed by atoms with Crippen molar-refractivity contribution in [2.75, 3.05) is 31.2 Å². The lowest BCUT2D eigenvalue weighted by Gasteiger charge is -2.43. The number of anilines is 1. The minimum atomic E-state index is -4.73. The Labute approximate surface area is 197 Å². The second-order valence-electron chi connectivity index (χ2n) is 6.99. The number of imide groups is 1. The average molecular weight is 520 g/mol. The number of nitrogens with one attached hydrogen (secondary N) is 2. The highest BCUT2D eigenvalue weighted by Gasteiger charge is 2.53. The molecule has 0 unspecified atom stereocenters. The number of urea groups is 1. The van der Waals surface area contributed by atoms with Crippen molar-refractivity contribution in [3.63, 3.8) is 0 Å². The third-order valence-electron chi connectivity index (χ3n) is 5.05. The summed E-state index contributed by atoms with van der Waals surface area (Å²) in [4.78, 5) is 63.8. The van der Waals surface area contributed by atoms with E-state index in [1.165, 1.54) is 17.2 Å². The Balaban J connectivity index is 1.61. The molecule has 33 heavy (non-hydrogen) atoms. The van der Waals surface area contributed by atoms with Crippen molar-refractivity contribution in [1.82, 2.24) is 19.4 Å². The highest BCUT2D eigenvalue weighted by atomic mass is 32.2. The number of rotatable bonds is 7. The zero-order valence-corrected chi connectivity index (χ0v) is 20.0. The van der Waals surface area contributed by atoms with Gasteiger partial charge in [0.05, 0.1) is 12.1 Å². The van der Waals surface area contributed by atoms with Gasteiger partial charge in [-0.3, -0.25) is 28.6 Å². The number of carbonyl (C=O) groups excluding carboxylic acids is 5. The lowest BCUT2D eigenvalue weighted by atomic mass is 10.1. The fourth-order valence-corrected chi connectivity index (χ4v) is 6.25. The van der Waals surface area contributed by atoms with Crippen molar-refractivity contribution < 1.29 is 36.9 Å². The van der Waals surface area contributed by atoms with Crippen LogP contribution in [0.25, 0.3) is 0 Å². The Morgan fingerprint density at radius 1 is 1.24 bits per heavy atom. The zero-order chi connectivity index (χ0) is 24.5. The molecule has 0 radical (unpaired) electrons. The molecule has 2 aliphatic rings. The molecule has 1 aromatic rings. The van der Waals surface area contributed by atoms with Gasteiger partial charge in [-0.15, -0.1) is 23.1 Å². The van der Waals surface area contributed by atoms with Crippen molar-refractivity contribution in [2.45, 2.75) is 24.8 Å². The molecule has 0 saturated carbocycles. The quantitative estimate of drug-likeness (QED) is 0.240. The third-order valence-corrected chi connectivity index (χ3v) is 7.97. The fraction of sp³-hybridized carbons (Fsp3) is 0.471. The van der Waals surface area contributed by atoms with Crippen LogP contribution in [-0.4, -0.2) is 94.0 Å². The Morgan fingerprint density at radius 2 is 1.94 bits per heavy atom. The molecule has 1 aromatic heterocycles. The molecule has 0 spiro atoms. The van der Waals surface area contributed by atoms with Crippen LogP contribution in [0.4, 0.5) is 10.5 Å². The van der Waals surface area contributed by atoms with Gasteiger partial charge in [0.1, 0.15) is 11.4 Å². The van der Waals surface area contributed by atoms with Gasteiger partial charge in [0.2, 0.25) is 5.91 Å². The third kappa shape index (κ3) is 4.97. The first-order valence-corrected chi connectivity index (χ1v) is 13.2. The number of hydrogen-bond acceptors (Lipinski definition) is 9. The summed E-state index contributed by atoms with van der Waals surface area (Å²) in [5.74, 6) is -3.27.